The van der Waals surface area contributed by atoms with Crippen LogP contribution >= 0.6 is 7.82 Å². The Hall–Kier alpha value is -4.63. The third-order valence-electron chi connectivity index (χ3n) is 8.34. The lowest BCUT2D eigenvalue weighted by atomic mass is 10.1. The minimum Gasteiger partial charge on any atom is -0.459 e. The molecule has 0 aromatic heterocycles. The van der Waals surface area contributed by atoms with Crippen LogP contribution in [0.25, 0.3) is 0 Å². The summed E-state index contributed by atoms with van der Waals surface area (Å²) >= 11 is 0. The standard InChI is InChI=1S/C45H69O16P/c1-25(2)40(46)53-31(13)19-37(20-32(14)54-41(47)26(3)4)59-62(52,60-38(21-33(15)55-42(48)27(5)6)22-34(16)56-43(49)28(7)8)61-39(23-35(17)57-44(50)29(9)10)24-36(18)58-45(51)30(11)12/h31-39H,1,3,5,7,9,11,19-24H2,2,4,6,8,10,12-18H3. The fourth-order valence-electron chi connectivity index (χ4n) is 5.38. The Labute approximate surface area is 367 Å². The maximum Gasteiger partial charge on any atom is 0.475 e. The van der Waals surface area contributed by atoms with Gasteiger partial charge in [-0.1, -0.05) is 39.5 Å². The first kappa shape index (κ1) is 57.4. The van der Waals surface area contributed by atoms with Crippen LogP contribution in [0.2, 0.25) is 0 Å². The fourth-order valence-corrected chi connectivity index (χ4v) is 7.14. The van der Waals surface area contributed by atoms with Gasteiger partial charge in [-0.05, 0) is 83.1 Å². The second kappa shape index (κ2) is 27.4. The summed E-state index contributed by atoms with van der Waals surface area (Å²) in [5.41, 5.74) is 0.705. The molecule has 0 saturated heterocycles. The van der Waals surface area contributed by atoms with Gasteiger partial charge in [-0.15, -0.1) is 0 Å². The molecule has 0 spiro atoms. The number of hydrogen-bond acceptors (Lipinski definition) is 16. The highest BCUT2D eigenvalue weighted by molar-refractivity contribution is 7.48. The maximum atomic E-state index is 15.5. The largest absolute Gasteiger partial charge is 0.475 e. The van der Waals surface area contributed by atoms with Crippen molar-refractivity contribution >= 4 is 43.6 Å². The third kappa shape index (κ3) is 24.1. The fraction of sp³-hybridized carbons (Fsp3) is 0.600. The van der Waals surface area contributed by atoms with Crippen LogP contribution in [0, 0.1) is 0 Å². The summed E-state index contributed by atoms with van der Waals surface area (Å²) < 4.78 is 67.6. The average molecular weight is 897 g/mol. The molecule has 0 rings (SSSR count). The van der Waals surface area contributed by atoms with E-state index in [0.29, 0.717) is 0 Å². The van der Waals surface area contributed by atoms with E-state index in [0.717, 1.165) is 0 Å². The Morgan fingerprint density at radius 2 is 0.468 bits per heavy atom. The number of carbonyl (C=O) groups excluding carboxylic acids is 6. The van der Waals surface area contributed by atoms with Crippen molar-refractivity contribution in [3.8, 4) is 0 Å². The number of phosphoric ester groups is 1. The van der Waals surface area contributed by atoms with E-state index in [-0.39, 0.29) is 72.0 Å². The molecular formula is C45H69O16P. The van der Waals surface area contributed by atoms with Crippen molar-refractivity contribution in [3.63, 3.8) is 0 Å². The molecule has 350 valence electrons. The molecule has 0 radical (unpaired) electrons. The van der Waals surface area contributed by atoms with Crippen molar-refractivity contribution < 1.29 is 75.3 Å². The lowest BCUT2D eigenvalue weighted by molar-refractivity contribution is -0.147. The molecule has 0 amide bonds. The van der Waals surface area contributed by atoms with Gasteiger partial charge in [0.2, 0.25) is 0 Å². The summed E-state index contributed by atoms with van der Waals surface area (Å²) in [5, 5.41) is 0. The number of phosphoric acid groups is 1. The van der Waals surface area contributed by atoms with Gasteiger partial charge in [0.25, 0.3) is 0 Å². The highest BCUT2D eigenvalue weighted by Crippen LogP contribution is 2.55. The number of carbonyl (C=O) groups is 6. The Morgan fingerprint density at radius 1 is 0.339 bits per heavy atom. The molecule has 0 aliphatic carbocycles. The van der Waals surface area contributed by atoms with E-state index >= 15 is 4.57 Å². The van der Waals surface area contributed by atoms with E-state index in [1.165, 1.54) is 41.5 Å². The molecule has 0 N–H and O–H groups in total. The van der Waals surface area contributed by atoms with Gasteiger partial charge in [-0.3, -0.25) is 13.6 Å². The van der Waals surface area contributed by atoms with Crippen molar-refractivity contribution in [2.75, 3.05) is 0 Å². The number of rotatable bonds is 30. The highest BCUT2D eigenvalue weighted by Gasteiger charge is 2.41. The predicted molar refractivity (Wildman–Crippen MR) is 232 cm³/mol. The molecule has 0 fully saturated rings. The Kier molecular flexibility index (Phi) is 25.4. The summed E-state index contributed by atoms with van der Waals surface area (Å²) in [6, 6.07) is 0. The molecule has 0 heterocycles. The Bertz CT molecular complexity index is 1430. The van der Waals surface area contributed by atoms with Crippen LogP contribution in [0.1, 0.15) is 122 Å². The lowest BCUT2D eigenvalue weighted by Gasteiger charge is -2.33. The lowest BCUT2D eigenvalue weighted by Crippen LogP contribution is -2.33. The van der Waals surface area contributed by atoms with Crippen molar-refractivity contribution in [1.29, 1.82) is 0 Å². The summed E-state index contributed by atoms with van der Waals surface area (Å²) in [5.74, 6) is -4.24. The molecule has 0 aliphatic heterocycles. The normalized spacial score (nSPS) is 16.4. The molecule has 6 unspecified atom stereocenters. The first-order valence-electron chi connectivity index (χ1n) is 20.3. The van der Waals surface area contributed by atoms with Crippen molar-refractivity contribution in [2.45, 2.75) is 177 Å². The first-order valence-corrected chi connectivity index (χ1v) is 21.7. The van der Waals surface area contributed by atoms with Crippen LogP contribution < -0.4 is 0 Å². The second-order valence-electron chi connectivity index (χ2n) is 16.0. The zero-order valence-electron chi connectivity index (χ0n) is 38.7. The molecule has 6 atom stereocenters. The number of esters is 6. The van der Waals surface area contributed by atoms with E-state index in [1.807, 2.05) is 0 Å². The Morgan fingerprint density at radius 3 is 0.581 bits per heavy atom. The van der Waals surface area contributed by atoms with Crippen LogP contribution in [0.5, 0.6) is 0 Å². The predicted octanol–water partition coefficient (Wildman–Crippen LogP) is 8.64. The van der Waals surface area contributed by atoms with Gasteiger partial charge in [-0.2, -0.15) is 0 Å². The van der Waals surface area contributed by atoms with Gasteiger partial charge in [0.15, 0.2) is 0 Å². The van der Waals surface area contributed by atoms with Gasteiger partial charge < -0.3 is 28.4 Å². The van der Waals surface area contributed by atoms with E-state index in [4.69, 9.17) is 42.0 Å². The van der Waals surface area contributed by atoms with E-state index in [2.05, 4.69) is 39.5 Å². The SMILES string of the molecule is C=C(C)C(=O)OC(C)CC(CC(C)OC(=O)C(=C)C)OP(=O)(OC(CC(C)OC(=O)C(=C)C)CC(C)OC(=O)C(=C)C)OC(CC(C)OC(=O)C(=C)C)CC(C)OC(=O)C(=C)C. The van der Waals surface area contributed by atoms with Crippen LogP contribution in [0.4, 0.5) is 0 Å². The smallest absolute Gasteiger partial charge is 0.459 e. The third-order valence-corrected chi connectivity index (χ3v) is 10.0. The minimum absolute atomic E-state index is 0.118. The Balaban J connectivity index is 7.64. The molecule has 0 saturated carbocycles. The summed E-state index contributed by atoms with van der Waals surface area (Å²) in [6.45, 7) is 39.8. The van der Waals surface area contributed by atoms with Crippen LogP contribution in [-0.2, 0) is 75.3 Å². The quantitative estimate of drug-likeness (QED) is 0.0287. The summed E-state index contributed by atoms with van der Waals surface area (Å²) in [4.78, 5) is 75.2. The molecule has 17 heteroatoms. The van der Waals surface area contributed by atoms with Gasteiger partial charge in [0, 0.05) is 72.0 Å². The van der Waals surface area contributed by atoms with E-state index in [9.17, 15) is 28.8 Å². The van der Waals surface area contributed by atoms with Crippen molar-refractivity contribution in [2.24, 2.45) is 0 Å². The average Bonchev–Trinajstić information content (AvgIpc) is 3.10. The number of ether oxygens (including phenoxy) is 6. The van der Waals surface area contributed by atoms with Crippen molar-refractivity contribution in [3.05, 3.63) is 72.9 Å². The topological polar surface area (TPSA) is 203 Å². The van der Waals surface area contributed by atoms with Gasteiger partial charge in [-0.25, -0.2) is 33.3 Å². The maximum absolute atomic E-state index is 15.5. The van der Waals surface area contributed by atoms with Crippen molar-refractivity contribution in [1.82, 2.24) is 0 Å². The zero-order valence-corrected chi connectivity index (χ0v) is 39.6. The molecule has 16 nitrogen and oxygen atoms in total. The van der Waals surface area contributed by atoms with Gasteiger partial charge >= 0.3 is 43.6 Å². The molecule has 0 aliphatic rings. The molecular weight excluding hydrogens is 827 g/mol. The zero-order chi connectivity index (χ0) is 48.2. The van der Waals surface area contributed by atoms with E-state index < -0.39 is 98.6 Å². The molecule has 62 heavy (non-hydrogen) atoms. The first-order chi connectivity index (χ1) is 28.4. The van der Waals surface area contributed by atoms with Crippen LogP contribution in [-0.4, -0.2) is 90.8 Å². The molecule has 0 bridgehead atoms. The van der Waals surface area contributed by atoms with Crippen LogP contribution in [0.15, 0.2) is 72.9 Å². The highest BCUT2D eigenvalue weighted by atomic mass is 31.2. The second-order valence-corrected chi connectivity index (χ2v) is 17.5. The van der Waals surface area contributed by atoms with Gasteiger partial charge in [0.1, 0.15) is 36.6 Å². The monoisotopic (exact) mass is 896 g/mol. The molecule has 0 aromatic rings. The van der Waals surface area contributed by atoms with Crippen LogP contribution in [0.3, 0.4) is 0 Å². The molecule has 0 aromatic carbocycles. The summed E-state index contributed by atoms with van der Waals surface area (Å²) in [7, 11) is -4.99. The number of hydrogen-bond donors (Lipinski definition) is 0. The van der Waals surface area contributed by atoms with E-state index in [1.54, 1.807) is 41.5 Å². The summed E-state index contributed by atoms with van der Waals surface area (Å²) in [6.07, 6.45) is -9.77. The minimum atomic E-state index is -4.99. The van der Waals surface area contributed by atoms with Gasteiger partial charge in [0.05, 0.1) is 18.3 Å².